The highest BCUT2D eigenvalue weighted by Gasteiger charge is 1.81. The van der Waals surface area contributed by atoms with Crippen molar-refractivity contribution in [2.24, 2.45) is 0 Å². The summed E-state index contributed by atoms with van der Waals surface area (Å²) in [5.74, 6) is 0. The van der Waals surface area contributed by atoms with E-state index in [2.05, 4.69) is 5.32 Å². The Kier molecular flexibility index (Phi) is 6.85. The van der Waals surface area contributed by atoms with E-state index in [0.29, 0.717) is 0 Å². The summed E-state index contributed by atoms with van der Waals surface area (Å²) in [5, 5.41) is 3.05. The van der Waals surface area contributed by atoms with Crippen molar-refractivity contribution in [1.29, 1.82) is 0 Å². The van der Waals surface area contributed by atoms with Gasteiger partial charge in [0.05, 0.1) is 0 Å². The second-order valence-corrected chi connectivity index (χ2v) is 1.65. The first kappa shape index (κ1) is 7.92. The van der Waals surface area contributed by atoms with Gasteiger partial charge in [-0.25, -0.2) is 0 Å². The lowest BCUT2D eigenvalue weighted by molar-refractivity contribution is 0.145. The minimum Gasteiger partial charge on any atom is -0.382 e. The molecule has 0 aliphatic carbocycles. The van der Waals surface area contributed by atoms with Gasteiger partial charge in [0, 0.05) is 14.6 Å². The quantitative estimate of drug-likeness (QED) is 0.542. The van der Waals surface area contributed by atoms with Crippen LogP contribution in [-0.2, 0) is 4.74 Å². The van der Waals surface area contributed by atoms with Crippen molar-refractivity contribution in [2.45, 2.75) is 13.3 Å². The highest BCUT2D eigenvalue weighted by Crippen LogP contribution is 1.77. The fourth-order valence-corrected chi connectivity index (χ4v) is 0.495. The van der Waals surface area contributed by atoms with Crippen LogP contribution in [0.5, 0.6) is 0 Å². The summed E-state index contributed by atoms with van der Waals surface area (Å²) in [4.78, 5) is 0. The second kappa shape index (κ2) is 6.92. The minimum atomic E-state index is 0. The van der Waals surface area contributed by atoms with Gasteiger partial charge in [-0.1, -0.05) is 0 Å². The topological polar surface area (TPSA) is 21.3 Å². The molecule has 0 fully saturated rings. The van der Waals surface area contributed by atoms with Gasteiger partial charge in [-0.05, 0) is 26.9 Å². The van der Waals surface area contributed by atoms with Crippen molar-refractivity contribution in [3.8, 4) is 0 Å². The van der Waals surface area contributed by atoms with Gasteiger partial charge in [-0.15, -0.1) is 0 Å². The predicted molar refractivity (Wildman–Crippen MR) is 37.2 cm³/mol. The molecule has 52 valence electrons. The van der Waals surface area contributed by atoms with E-state index in [1.54, 1.807) is 0 Å². The molecular formula is C6H17NO. The van der Waals surface area contributed by atoms with E-state index in [9.17, 15) is 0 Å². The van der Waals surface area contributed by atoms with Crippen LogP contribution in [0, 0.1) is 0 Å². The Labute approximate surface area is 52.7 Å². The maximum Gasteiger partial charge on any atom is 0.0477 e. The molecule has 0 aliphatic heterocycles. The lowest BCUT2D eigenvalue weighted by Crippen LogP contribution is -2.10. The van der Waals surface area contributed by atoms with Gasteiger partial charge in [0.15, 0.2) is 0 Å². The molecule has 0 unspecified atom stereocenters. The summed E-state index contributed by atoms with van der Waals surface area (Å²) in [7, 11) is 1.95. The summed E-state index contributed by atoms with van der Waals surface area (Å²) in [6.07, 6.45) is 1.12. The summed E-state index contributed by atoms with van der Waals surface area (Å²) in [6, 6.07) is 0. The van der Waals surface area contributed by atoms with E-state index in [0.717, 1.165) is 26.2 Å². The van der Waals surface area contributed by atoms with Crippen LogP contribution in [0.1, 0.15) is 14.8 Å². The zero-order valence-electron chi connectivity index (χ0n) is 5.74. The second-order valence-electron chi connectivity index (χ2n) is 1.65. The zero-order chi connectivity index (χ0) is 6.24. The molecule has 0 aromatic rings. The number of rotatable bonds is 5. The van der Waals surface area contributed by atoms with E-state index in [1.165, 1.54) is 0 Å². The molecule has 0 saturated carbocycles. The minimum absolute atomic E-state index is 0. The first-order chi connectivity index (χ1) is 3.91. The maximum absolute atomic E-state index is 5.10. The van der Waals surface area contributed by atoms with Crippen molar-refractivity contribution in [1.82, 2.24) is 5.32 Å². The van der Waals surface area contributed by atoms with Crippen LogP contribution in [0.2, 0.25) is 0 Å². The average Bonchev–Trinajstić information content (AvgIpc) is 1.81. The molecule has 0 bridgehead atoms. The number of ether oxygens (including phenoxy) is 1. The van der Waals surface area contributed by atoms with E-state index < -0.39 is 0 Å². The predicted octanol–water partition coefficient (Wildman–Crippen LogP) is 0.878. The normalized spacial score (nSPS) is 9.75. The molecule has 0 aromatic carbocycles. The van der Waals surface area contributed by atoms with Crippen LogP contribution in [0.15, 0.2) is 0 Å². The Bertz CT molecular complexity index is 38.0. The molecule has 0 aliphatic rings. The van der Waals surface area contributed by atoms with Gasteiger partial charge in [-0.3, -0.25) is 0 Å². The van der Waals surface area contributed by atoms with Gasteiger partial charge in [0.2, 0.25) is 0 Å². The Morgan fingerprint density at radius 2 is 2.38 bits per heavy atom. The molecule has 2 nitrogen and oxygen atoms in total. The summed E-state index contributed by atoms with van der Waals surface area (Å²) >= 11 is 0. The summed E-state index contributed by atoms with van der Waals surface area (Å²) < 4.78 is 5.10. The Balaban J connectivity index is 0. The highest BCUT2D eigenvalue weighted by molar-refractivity contribution is 4.37. The summed E-state index contributed by atoms with van der Waals surface area (Å²) in [5.41, 5.74) is 0. The van der Waals surface area contributed by atoms with Crippen molar-refractivity contribution in [3.05, 3.63) is 0 Å². The molecule has 2 heteroatoms. The van der Waals surface area contributed by atoms with Crippen molar-refractivity contribution in [2.75, 3.05) is 26.8 Å². The lowest BCUT2D eigenvalue weighted by atomic mass is 10.4. The number of nitrogens with one attached hydrogen (secondary N) is 1. The standard InChI is InChI=1S/C6H15NO.H2/c1-3-8-6-4-5-7-2;/h7H,3-6H2,1-2H3;1H. The maximum atomic E-state index is 5.10. The molecule has 8 heavy (non-hydrogen) atoms. The molecule has 0 atom stereocenters. The van der Waals surface area contributed by atoms with Crippen LogP contribution < -0.4 is 5.32 Å². The first-order valence-electron chi connectivity index (χ1n) is 3.14. The smallest absolute Gasteiger partial charge is 0.0477 e. The van der Waals surface area contributed by atoms with Gasteiger partial charge in [0.25, 0.3) is 0 Å². The third kappa shape index (κ3) is 5.92. The Morgan fingerprint density at radius 3 is 2.88 bits per heavy atom. The van der Waals surface area contributed by atoms with Crippen molar-refractivity contribution >= 4 is 0 Å². The first-order valence-corrected chi connectivity index (χ1v) is 3.14. The molecule has 1 N–H and O–H groups in total. The largest absolute Gasteiger partial charge is 0.382 e. The van der Waals surface area contributed by atoms with Crippen LogP contribution in [0.3, 0.4) is 0 Å². The SMILES string of the molecule is CCOCCCNC.[HH]. The fourth-order valence-electron chi connectivity index (χ4n) is 0.495. The third-order valence-corrected chi connectivity index (χ3v) is 0.920. The Hall–Kier alpha value is -0.0800. The Morgan fingerprint density at radius 1 is 1.62 bits per heavy atom. The number of hydrogen-bond acceptors (Lipinski definition) is 2. The molecule has 0 heterocycles. The van der Waals surface area contributed by atoms with Crippen LogP contribution in [0.25, 0.3) is 0 Å². The highest BCUT2D eigenvalue weighted by atomic mass is 16.5. The average molecular weight is 119 g/mol. The van der Waals surface area contributed by atoms with Crippen molar-refractivity contribution in [3.63, 3.8) is 0 Å². The van der Waals surface area contributed by atoms with E-state index >= 15 is 0 Å². The zero-order valence-corrected chi connectivity index (χ0v) is 5.74. The molecule has 0 spiro atoms. The summed E-state index contributed by atoms with van der Waals surface area (Å²) in [6.45, 7) is 4.79. The molecular weight excluding hydrogens is 102 g/mol. The van der Waals surface area contributed by atoms with E-state index in [4.69, 9.17) is 4.74 Å². The lowest BCUT2D eigenvalue weighted by Gasteiger charge is -1.98. The monoisotopic (exact) mass is 119 g/mol. The molecule has 0 saturated heterocycles. The molecule has 0 amide bonds. The van der Waals surface area contributed by atoms with Crippen LogP contribution in [-0.4, -0.2) is 26.8 Å². The van der Waals surface area contributed by atoms with Gasteiger partial charge < -0.3 is 10.1 Å². The van der Waals surface area contributed by atoms with Gasteiger partial charge >= 0.3 is 0 Å². The van der Waals surface area contributed by atoms with Crippen LogP contribution >= 0.6 is 0 Å². The molecule has 0 rings (SSSR count). The van der Waals surface area contributed by atoms with Gasteiger partial charge in [0.1, 0.15) is 0 Å². The number of hydrogen-bond donors (Lipinski definition) is 1. The fraction of sp³-hybridized carbons (Fsp3) is 1.00. The third-order valence-electron chi connectivity index (χ3n) is 0.920. The van der Waals surface area contributed by atoms with Crippen molar-refractivity contribution < 1.29 is 6.16 Å². The van der Waals surface area contributed by atoms with Gasteiger partial charge in [-0.2, -0.15) is 0 Å². The molecule has 0 radical (unpaired) electrons. The van der Waals surface area contributed by atoms with E-state index in [1.807, 2.05) is 14.0 Å². The van der Waals surface area contributed by atoms with E-state index in [-0.39, 0.29) is 1.43 Å². The molecule has 0 aromatic heterocycles. The van der Waals surface area contributed by atoms with Crippen LogP contribution in [0.4, 0.5) is 0 Å².